The van der Waals surface area contributed by atoms with Crippen molar-refractivity contribution in [2.24, 2.45) is 0 Å². The van der Waals surface area contributed by atoms with E-state index in [9.17, 15) is 4.79 Å². The van der Waals surface area contributed by atoms with Crippen molar-refractivity contribution in [3.63, 3.8) is 0 Å². The molecule has 0 saturated heterocycles. The van der Waals surface area contributed by atoms with E-state index >= 15 is 0 Å². The van der Waals surface area contributed by atoms with Crippen molar-refractivity contribution in [2.75, 3.05) is 5.32 Å². The number of aryl methyl sites for hydroxylation is 1. The zero-order chi connectivity index (χ0) is 16.7. The Balaban J connectivity index is 1.87. The molecule has 0 spiro atoms. The maximum Gasteiger partial charge on any atom is 0.410 e. The summed E-state index contributed by atoms with van der Waals surface area (Å²) in [5.41, 5.74) is 4.37. The number of benzene rings is 2. The third-order valence-corrected chi connectivity index (χ3v) is 4.08. The van der Waals surface area contributed by atoms with Gasteiger partial charge in [0.25, 0.3) is 0 Å². The van der Waals surface area contributed by atoms with E-state index in [1.54, 1.807) is 12.3 Å². The van der Waals surface area contributed by atoms with Crippen LogP contribution >= 0.6 is 0 Å². The zero-order valence-corrected chi connectivity index (χ0v) is 12.9. The molecule has 6 nitrogen and oxygen atoms in total. The van der Waals surface area contributed by atoms with Crippen LogP contribution < -0.4 is 5.32 Å². The predicted octanol–water partition coefficient (Wildman–Crippen LogP) is 4.18. The maximum absolute atomic E-state index is 10.7. The van der Waals surface area contributed by atoms with Crippen LogP contribution in [-0.4, -0.2) is 26.4 Å². The smallest absolute Gasteiger partial charge is 0.410 e. The Hall–Kier alpha value is -3.41. The van der Waals surface area contributed by atoms with Gasteiger partial charge in [-0.05, 0) is 47.2 Å². The zero-order valence-electron chi connectivity index (χ0n) is 12.9. The van der Waals surface area contributed by atoms with Gasteiger partial charge in [-0.15, -0.1) is 0 Å². The molecule has 24 heavy (non-hydrogen) atoms. The van der Waals surface area contributed by atoms with Crippen LogP contribution in [0.1, 0.15) is 5.56 Å². The highest BCUT2D eigenvalue weighted by Crippen LogP contribution is 2.33. The SMILES string of the molecule is Cc1ccc2[nH]ncc2c1-c1ccc2cc(NC(=O)O)ncc2c1. The van der Waals surface area contributed by atoms with Crippen LogP contribution in [0.25, 0.3) is 32.8 Å². The topological polar surface area (TPSA) is 90.9 Å². The van der Waals surface area contributed by atoms with Crippen LogP contribution in [0.4, 0.5) is 10.6 Å². The van der Waals surface area contributed by atoms with E-state index in [-0.39, 0.29) is 0 Å². The van der Waals surface area contributed by atoms with E-state index in [4.69, 9.17) is 5.11 Å². The summed E-state index contributed by atoms with van der Waals surface area (Å²) in [6.45, 7) is 2.07. The molecule has 4 aromatic rings. The fourth-order valence-electron chi connectivity index (χ4n) is 2.98. The Morgan fingerprint density at radius 3 is 2.83 bits per heavy atom. The van der Waals surface area contributed by atoms with Gasteiger partial charge >= 0.3 is 6.09 Å². The van der Waals surface area contributed by atoms with Crippen LogP contribution in [0.5, 0.6) is 0 Å². The van der Waals surface area contributed by atoms with E-state index < -0.39 is 6.09 Å². The molecular weight excluding hydrogens is 304 g/mol. The first-order valence-corrected chi connectivity index (χ1v) is 7.44. The van der Waals surface area contributed by atoms with Gasteiger partial charge in [0.05, 0.1) is 11.7 Å². The Morgan fingerprint density at radius 2 is 2.00 bits per heavy atom. The molecule has 118 valence electrons. The van der Waals surface area contributed by atoms with Gasteiger partial charge in [-0.3, -0.25) is 10.4 Å². The molecule has 0 radical (unpaired) electrons. The van der Waals surface area contributed by atoms with Gasteiger partial charge in [-0.1, -0.05) is 18.2 Å². The standard InChI is InChI=1S/C18H14N4O2/c1-10-2-5-15-14(9-20-22-15)17(10)12-4-3-11-7-16(21-18(23)24)19-8-13(11)6-12/h2-9H,1H3,(H,19,21)(H,20,22)(H,23,24). The molecule has 0 aliphatic carbocycles. The average molecular weight is 318 g/mol. The van der Waals surface area contributed by atoms with Crippen molar-refractivity contribution in [3.05, 3.63) is 54.4 Å². The van der Waals surface area contributed by atoms with Crippen molar-refractivity contribution in [3.8, 4) is 11.1 Å². The number of aromatic nitrogens is 3. The van der Waals surface area contributed by atoms with Crippen molar-refractivity contribution in [1.82, 2.24) is 15.2 Å². The lowest BCUT2D eigenvalue weighted by atomic mass is 9.95. The largest absolute Gasteiger partial charge is 0.465 e. The lowest BCUT2D eigenvalue weighted by Crippen LogP contribution is -2.08. The van der Waals surface area contributed by atoms with Crippen LogP contribution in [0.3, 0.4) is 0 Å². The minimum Gasteiger partial charge on any atom is -0.465 e. The number of carbonyl (C=O) groups is 1. The average Bonchev–Trinajstić information content (AvgIpc) is 3.02. The summed E-state index contributed by atoms with van der Waals surface area (Å²) in [4.78, 5) is 14.9. The first kappa shape index (κ1) is 14.2. The van der Waals surface area contributed by atoms with E-state index in [0.29, 0.717) is 5.82 Å². The summed E-state index contributed by atoms with van der Waals surface area (Å²) in [5.74, 6) is 0.316. The highest BCUT2D eigenvalue weighted by atomic mass is 16.4. The molecule has 0 aliphatic rings. The van der Waals surface area contributed by atoms with Gasteiger partial charge in [0.2, 0.25) is 0 Å². The molecule has 2 aromatic heterocycles. The number of amides is 1. The number of rotatable bonds is 2. The molecule has 1 amide bonds. The second kappa shape index (κ2) is 5.34. The number of carboxylic acid groups (broad SMARTS) is 1. The summed E-state index contributed by atoms with van der Waals surface area (Å²) >= 11 is 0. The predicted molar refractivity (Wildman–Crippen MR) is 93.2 cm³/mol. The number of nitrogens with zero attached hydrogens (tertiary/aromatic N) is 2. The van der Waals surface area contributed by atoms with Crippen LogP contribution in [0.2, 0.25) is 0 Å². The first-order chi connectivity index (χ1) is 11.6. The lowest BCUT2D eigenvalue weighted by molar-refractivity contribution is 0.209. The summed E-state index contributed by atoms with van der Waals surface area (Å²) < 4.78 is 0. The maximum atomic E-state index is 10.7. The van der Waals surface area contributed by atoms with Crippen molar-refractivity contribution < 1.29 is 9.90 Å². The van der Waals surface area contributed by atoms with E-state index in [1.807, 2.05) is 24.4 Å². The van der Waals surface area contributed by atoms with E-state index in [1.165, 1.54) is 5.56 Å². The monoisotopic (exact) mass is 318 g/mol. The molecule has 3 N–H and O–H groups in total. The Labute approximate surface area is 137 Å². The number of hydrogen-bond acceptors (Lipinski definition) is 3. The quantitative estimate of drug-likeness (QED) is 0.517. The van der Waals surface area contributed by atoms with Crippen LogP contribution in [0.15, 0.2) is 48.8 Å². The molecule has 0 saturated carbocycles. The highest BCUT2D eigenvalue weighted by molar-refractivity contribution is 5.99. The van der Waals surface area contributed by atoms with Crippen molar-refractivity contribution >= 4 is 33.6 Å². The number of H-pyrrole nitrogens is 1. The second-order valence-corrected chi connectivity index (χ2v) is 5.65. The summed E-state index contributed by atoms with van der Waals surface area (Å²) in [5, 5.41) is 21.1. The fourth-order valence-corrected chi connectivity index (χ4v) is 2.98. The molecule has 0 aliphatic heterocycles. The van der Waals surface area contributed by atoms with Crippen LogP contribution in [-0.2, 0) is 0 Å². The summed E-state index contributed by atoms with van der Waals surface area (Å²) in [7, 11) is 0. The lowest BCUT2D eigenvalue weighted by Gasteiger charge is -2.09. The number of aromatic amines is 1. The molecule has 0 fully saturated rings. The molecular formula is C18H14N4O2. The number of fused-ring (bicyclic) bond motifs is 2. The third kappa shape index (κ3) is 2.34. The second-order valence-electron chi connectivity index (χ2n) is 5.65. The Kier molecular flexibility index (Phi) is 3.16. The number of nitrogens with one attached hydrogen (secondary N) is 2. The van der Waals surface area contributed by atoms with Gasteiger partial charge in [0.15, 0.2) is 0 Å². The molecule has 6 heteroatoms. The minimum absolute atomic E-state index is 0.316. The number of pyridine rings is 1. The van der Waals surface area contributed by atoms with Gasteiger partial charge < -0.3 is 5.11 Å². The molecule has 0 bridgehead atoms. The molecule has 0 atom stereocenters. The summed E-state index contributed by atoms with van der Waals surface area (Å²) in [6.07, 6.45) is 2.38. The normalized spacial score (nSPS) is 11.0. The first-order valence-electron chi connectivity index (χ1n) is 7.44. The van der Waals surface area contributed by atoms with Crippen molar-refractivity contribution in [2.45, 2.75) is 6.92 Å². The van der Waals surface area contributed by atoms with Gasteiger partial charge in [0.1, 0.15) is 5.82 Å². The third-order valence-electron chi connectivity index (χ3n) is 4.08. The summed E-state index contributed by atoms with van der Waals surface area (Å²) in [6, 6.07) is 11.9. The van der Waals surface area contributed by atoms with Crippen LogP contribution in [0, 0.1) is 6.92 Å². The molecule has 2 heterocycles. The highest BCUT2D eigenvalue weighted by Gasteiger charge is 2.10. The minimum atomic E-state index is -1.12. The Morgan fingerprint density at radius 1 is 1.12 bits per heavy atom. The molecule has 0 unspecified atom stereocenters. The van der Waals surface area contributed by atoms with E-state index in [2.05, 4.69) is 39.6 Å². The number of hydrogen-bond donors (Lipinski definition) is 3. The fraction of sp³-hybridized carbons (Fsp3) is 0.0556. The Bertz CT molecular complexity index is 1080. The van der Waals surface area contributed by atoms with Gasteiger partial charge in [0, 0.05) is 17.0 Å². The molecule has 2 aromatic carbocycles. The van der Waals surface area contributed by atoms with E-state index in [0.717, 1.165) is 32.8 Å². The number of anilines is 1. The molecule has 4 rings (SSSR count). The van der Waals surface area contributed by atoms with Gasteiger partial charge in [-0.25, -0.2) is 9.78 Å². The van der Waals surface area contributed by atoms with Gasteiger partial charge in [-0.2, -0.15) is 5.10 Å². The van der Waals surface area contributed by atoms with Crippen molar-refractivity contribution in [1.29, 1.82) is 0 Å².